The summed E-state index contributed by atoms with van der Waals surface area (Å²) in [6, 6.07) is 7.48. The zero-order chi connectivity index (χ0) is 22.1. The van der Waals surface area contributed by atoms with Gasteiger partial charge in [-0.2, -0.15) is 4.98 Å². The van der Waals surface area contributed by atoms with Gasteiger partial charge in [0.05, 0.1) is 17.2 Å². The van der Waals surface area contributed by atoms with E-state index < -0.39 is 0 Å². The minimum absolute atomic E-state index is 0.0351. The Labute approximate surface area is 187 Å². The quantitative estimate of drug-likeness (QED) is 0.637. The summed E-state index contributed by atoms with van der Waals surface area (Å²) in [5.41, 5.74) is 1.37. The minimum atomic E-state index is -0.303. The second-order valence-electron chi connectivity index (χ2n) is 8.96. The van der Waals surface area contributed by atoms with Crippen LogP contribution in [0.5, 0.6) is 0 Å². The lowest BCUT2D eigenvalue weighted by Gasteiger charge is -2.41. The van der Waals surface area contributed by atoms with Crippen LogP contribution in [-0.2, 0) is 4.74 Å². The third-order valence-corrected chi connectivity index (χ3v) is 6.73. The first-order valence-electron chi connectivity index (χ1n) is 11.6. The Morgan fingerprint density at radius 3 is 2.72 bits per heavy atom. The molecule has 170 valence electrons. The number of methoxy groups -OCH3 is 1. The van der Waals surface area contributed by atoms with Crippen LogP contribution in [0.2, 0.25) is 0 Å². The molecule has 8 heteroatoms. The van der Waals surface area contributed by atoms with Gasteiger partial charge in [-0.25, -0.2) is 9.37 Å². The van der Waals surface area contributed by atoms with E-state index in [9.17, 15) is 4.39 Å². The summed E-state index contributed by atoms with van der Waals surface area (Å²) in [6.45, 7) is 3.30. The van der Waals surface area contributed by atoms with Gasteiger partial charge in [-0.3, -0.25) is 0 Å². The van der Waals surface area contributed by atoms with Crippen LogP contribution in [0.4, 0.5) is 10.2 Å². The van der Waals surface area contributed by atoms with Crippen molar-refractivity contribution in [3.05, 3.63) is 35.9 Å². The summed E-state index contributed by atoms with van der Waals surface area (Å²) in [5.74, 6) is 1.41. The SMILES string of the molecule is CO[C@H]1CN(c2nc3cc(F)ccc3cc2-c2nc(C)no2)CC[C@H]1NC1CCCCC1. The van der Waals surface area contributed by atoms with E-state index in [1.54, 1.807) is 20.1 Å². The molecule has 1 saturated heterocycles. The number of nitrogens with one attached hydrogen (secondary N) is 1. The zero-order valence-electron chi connectivity index (χ0n) is 18.7. The highest BCUT2D eigenvalue weighted by Gasteiger charge is 2.33. The molecule has 1 aliphatic heterocycles. The molecule has 0 amide bonds. The number of pyridine rings is 1. The number of aromatic nitrogens is 3. The smallest absolute Gasteiger partial charge is 0.261 e. The van der Waals surface area contributed by atoms with Crippen molar-refractivity contribution in [1.29, 1.82) is 0 Å². The number of rotatable bonds is 5. The normalized spacial score (nSPS) is 22.5. The zero-order valence-corrected chi connectivity index (χ0v) is 18.7. The maximum absolute atomic E-state index is 13.9. The van der Waals surface area contributed by atoms with Crippen LogP contribution in [0, 0.1) is 12.7 Å². The van der Waals surface area contributed by atoms with Crippen molar-refractivity contribution in [2.45, 2.75) is 63.6 Å². The van der Waals surface area contributed by atoms with Crippen LogP contribution in [0.1, 0.15) is 44.3 Å². The number of ether oxygens (including phenoxy) is 1. The molecule has 2 aromatic heterocycles. The lowest BCUT2D eigenvalue weighted by atomic mass is 9.92. The average molecular weight is 440 g/mol. The van der Waals surface area contributed by atoms with E-state index in [2.05, 4.69) is 20.4 Å². The van der Waals surface area contributed by atoms with Gasteiger partial charge in [-0.05, 0) is 44.4 Å². The molecule has 0 bridgehead atoms. The summed E-state index contributed by atoms with van der Waals surface area (Å²) < 4.78 is 25.3. The average Bonchev–Trinajstić information content (AvgIpc) is 3.25. The van der Waals surface area contributed by atoms with E-state index in [0.29, 0.717) is 35.9 Å². The molecule has 5 rings (SSSR count). The molecule has 7 nitrogen and oxygen atoms in total. The van der Waals surface area contributed by atoms with E-state index in [1.807, 2.05) is 6.07 Å². The van der Waals surface area contributed by atoms with E-state index in [0.717, 1.165) is 29.7 Å². The molecule has 3 heterocycles. The maximum atomic E-state index is 13.9. The number of halogens is 1. The molecule has 2 fully saturated rings. The fourth-order valence-electron chi connectivity index (χ4n) is 5.05. The number of aryl methyl sites for hydroxylation is 1. The molecular formula is C24H30FN5O2. The maximum Gasteiger partial charge on any atom is 0.261 e. The standard InChI is InChI=1S/C24H30FN5O2/c1-15-26-24(32-29-15)19-12-16-8-9-17(25)13-21(16)28-23(19)30-11-10-20(22(14-30)31-2)27-18-6-4-3-5-7-18/h8-9,12-13,18,20,22,27H,3-7,10-11,14H2,1-2H3/t20-,22+/m1/s1. The van der Waals surface area contributed by atoms with Gasteiger partial charge in [0.1, 0.15) is 11.6 Å². The van der Waals surface area contributed by atoms with E-state index in [1.165, 1.54) is 44.2 Å². The van der Waals surface area contributed by atoms with Gasteiger partial charge in [0.15, 0.2) is 5.82 Å². The lowest BCUT2D eigenvalue weighted by molar-refractivity contribution is 0.0534. The van der Waals surface area contributed by atoms with Crippen molar-refractivity contribution in [2.24, 2.45) is 0 Å². The number of hydrogen-bond acceptors (Lipinski definition) is 7. The molecule has 2 aliphatic rings. The molecule has 0 unspecified atom stereocenters. The van der Waals surface area contributed by atoms with Crippen molar-refractivity contribution < 1.29 is 13.7 Å². The van der Waals surface area contributed by atoms with E-state index in [-0.39, 0.29) is 11.9 Å². The Morgan fingerprint density at radius 2 is 1.97 bits per heavy atom. The number of benzene rings is 1. The fraction of sp³-hybridized carbons (Fsp3) is 0.542. The number of fused-ring (bicyclic) bond motifs is 1. The Bertz CT molecular complexity index is 1080. The Kier molecular flexibility index (Phi) is 6.06. The van der Waals surface area contributed by atoms with Gasteiger partial charge in [-0.1, -0.05) is 24.4 Å². The van der Waals surface area contributed by atoms with E-state index in [4.69, 9.17) is 14.2 Å². The third kappa shape index (κ3) is 4.34. The summed E-state index contributed by atoms with van der Waals surface area (Å²) >= 11 is 0. The van der Waals surface area contributed by atoms with Crippen LogP contribution < -0.4 is 10.2 Å². The molecule has 1 saturated carbocycles. The van der Waals surface area contributed by atoms with Crippen molar-refractivity contribution in [1.82, 2.24) is 20.4 Å². The molecule has 32 heavy (non-hydrogen) atoms. The number of nitrogens with zero attached hydrogens (tertiary/aromatic N) is 4. The molecule has 1 N–H and O–H groups in total. The van der Waals surface area contributed by atoms with Crippen molar-refractivity contribution in [3.8, 4) is 11.5 Å². The monoisotopic (exact) mass is 439 g/mol. The van der Waals surface area contributed by atoms with Crippen LogP contribution in [-0.4, -0.2) is 53.5 Å². The van der Waals surface area contributed by atoms with Crippen molar-refractivity contribution >= 4 is 16.7 Å². The number of anilines is 1. The summed E-state index contributed by atoms with van der Waals surface area (Å²) in [5, 5.41) is 8.64. The molecule has 1 aliphatic carbocycles. The Morgan fingerprint density at radius 1 is 1.12 bits per heavy atom. The van der Waals surface area contributed by atoms with Crippen molar-refractivity contribution in [2.75, 3.05) is 25.1 Å². The van der Waals surface area contributed by atoms with Gasteiger partial charge in [0, 0.05) is 43.7 Å². The summed E-state index contributed by atoms with van der Waals surface area (Å²) in [4.78, 5) is 11.5. The van der Waals surface area contributed by atoms with Crippen LogP contribution >= 0.6 is 0 Å². The van der Waals surface area contributed by atoms with Gasteiger partial charge < -0.3 is 19.5 Å². The first-order chi connectivity index (χ1) is 15.6. The highest BCUT2D eigenvalue weighted by molar-refractivity contribution is 5.88. The summed E-state index contributed by atoms with van der Waals surface area (Å²) in [7, 11) is 1.77. The largest absolute Gasteiger partial charge is 0.378 e. The number of hydrogen-bond donors (Lipinski definition) is 1. The van der Waals surface area contributed by atoms with Gasteiger partial charge in [0.2, 0.25) is 0 Å². The second kappa shape index (κ2) is 9.11. The topological polar surface area (TPSA) is 76.3 Å². The van der Waals surface area contributed by atoms with Crippen LogP contribution in [0.15, 0.2) is 28.8 Å². The van der Waals surface area contributed by atoms with Crippen LogP contribution in [0.3, 0.4) is 0 Å². The molecule has 0 spiro atoms. The minimum Gasteiger partial charge on any atom is -0.378 e. The molecular weight excluding hydrogens is 409 g/mol. The third-order valence-electron chi connectivity index (χ3n) is 6.73. The highest BCUT2D eigenvalue weighted by Crippen LogP contribution is 2.34. The molecule has 3 aromatic rings. The van der Waals surface area contributed by atoms with Gasteiger partial charge in [0.25, 0.3) is 5.89 Å². The van der Waals surface area contributed by atoms with Crippen molar-refractivity contribution in [3.63, 3.8) is 0 Å². The lowest BCUT2D eigenvalue weighted by Crippen LogP contribution is -2.56. The predicted molar refractivity (Wildman–Crippen MR) is 121 cm³/mol. The fourth-order valence-corrected chi connectivity index (χ4v) is 5.05. The highest BCUT2D eigenvalue weighted by atomic mass is 19.1. The predicted octanol–water partition coefficient (Wildman–Crippen LogP) is 4.25. The Hall–Kier alpha value is -2.58. The second-order valence-corrected chi connectivity index (χ2v) is 8.96. The summed E-state index contributed by atoms with van der Waals surface area (Å²) in [6.07, 6.45) is 7.42. The van der Waals surface area contributed by atoms with E-state index >= 15 is 0 Å². The molecule has 2 atom stereocenters. The molecule has 0 radical (unpaired) electrons. The first kappa shape index (κ1) is 21.3. The number of piperidine rings is 1. The van der Waals surface area contributed by atoms with Crippen LogP contribution in [0.25, 0.3) is 22.4 Å². The first-order valence-corrected chi connectivity index (χ1v) is 11.6. The van der Waals surface area contributed by atoms with Gasteiger partial charge in [-0.15, -0.1) is 0 Å². The van der Waals surface area contributed by atoms with Gasteiger partial charge >= 0.3 is 0 Å². The Balaban J connectivity index is 1.45. The molecule has 1 aromatic carbocycles.